The number of carbonyl (C=O) groups is 2. The topological polar surface area (TPSA) is 49.4 Å². The Morgan fingerprint density at radius 1 is 1.12 bits per heavy atom. The van der Waals surface area contributed by atoms with Crippen molar-refractivity contribution in [1.29, 1.82) is 0 Å². The van der Waals surface area contributed by atoms with Crippen molar-refractivity contribution in [1.82, 2.24) is 10.2 Å². The van der Waals surface area contributed by atoms with Crippen molar-refractivity contribution in [2.45, 2.75) is 51.5 Å². The van der Waals surface area contributed by atoms with E-state index in [-0.39, 0.29) is 11.9 Å². The zero-order chi connectivity index (χ0) is 12.3. The minimum absolute atomic E-state index is 0.230. The lowest BCUT2D eigenvalue weighted by atomic mass is 10.0. The fourth-order valence-electron chi connectivity index (χ4n) is 2.83. The second kappa shape index (κ2) is 5.52. The first kappa shape index (κ1) is 12.4. The molecule has 0 radical (unpaired) electrons. The van der Waals surface area contributed by atoms with Gasteiger partial charge in [0.05, 0.1) is 0 Å². The number of amides is 2. The van der Waals surface area contributed by atoms with Gasteiger partial charge in [0.25, 0.3) is 0 Å². The molecular formula is C13H22N2O2. The van der Waals surface area contributed by atoms with E-state index in [1.807, 2.05) is 0 Å². The minimum atomic E-state index is -0.397. The Morgan fingerprint density at radius 3 is 2.47 bits per heavy atom. The van der Waals surface area contributed by atoms with Crippen LogP contribution in [-0.4, -0.2) is 35.8 Å². The van der Waals surface area contributed by atoms with Crippen molar-refractivity contribution in [2.75, 3.05) is 13.1 Å². The van der Waals surface area contributed by atoms with Gasteiger partial charge >= 0.3 is 11.8 Å². The highest BCUT2D eigenvalue weighted by atomic mass is 16.2. The lowest BCUT2D eigenvalue weighted by Gasteiger charge is -2.30. The van der Waals surface area contributed by atoms with Gasteiger partial charge in [-0.05, 0) is 31.6 Å². The fourth-order valence-corrected chi connectivity index (χ4v) is 2.83. The Labute approximate surface area is 103 Å². The first-order valence-electron chi connectivity index (χ1n) is 6.76. The molecule has 0 aromatic heterocycles. The quantitative estimate of drug-likeness (QED) is 0.700. The van der Waals surface area contributed by atoms with Crippen molar-refractivity contribution in [3.63, 3.8) is 0 Å². The van der Waals surface area contributed by atoms with Gasteiger partial charge in [-0.1, -0.05) is 19.8 Å². The Bertz CT molecular complexity index is 298. The third-order valence-electron chi connectivity index (χ3n) is 3.83. The fraction of sp³-hybridized carbons (Fsp3) is 0.846. The molecule has 0 bridgehead atoms. The largest absolute Gasteiger partial charge is 0.345 e. The molecule has 4 nitrogen and oxygen atoms in total. The number of nitrogens with zero attached hydrogens (tertiary/aromatic N) is 1. The minimum Gasteiger partial charge on any atom is -0.345 e. The molecule has 17 heavy (non-hydrogen) atoms. The van der Waals surface area contributed by atoms with Gasteiger partial charge in [0.2, 0.25) is 0 Å². The summed E-state index contributed by atoms with van der Waals surface area (Å²) in [5.74, 6) is -0.207. The van der Waals surface area contributed by atoms with Crippen molar-refractivity contribution >= 4 is 11.8 Å². The number of rotatable bonds is 1. The number of piperidine rings is 1. The standard InChI is InChI=1S/C13H22N2O2/c1-10-5-4-8-15(9-10)13(17)12(16)14-11-6-2-3-7-11/h10-11H,2-9H2,1H3,(H,14,16). The van der Waals surface area contributed by atoms with Crippen LogP contribution in [0.1, 0.15) is 45.4 Å². The molecule has 1 atom stereocenters. The third-order valence-corrected chi connectivity index (χ3v) is 3.83. The summed E-state index contributed by atoms with van der Waals surface area (Å²) < 4.78 is 0. The lowest BCUT2D eigenvalue weighted by molar-refractivity contribution is -0.147. The summed E-state index contributed by atoms with van der Waals surface area (Å²) in [4.78, 5) is 25.5. The molecule has 2 fully saturated rings. The maximum Gasteiger partial charge on any atom is 0.311 e. The molecule has 0 spiro atoms. The van der Waals surface area contributed by atoms with E-state index >= 15 is 0 Å². The number of likely N-dealkylation sites (tertiary alicyclic amines) is 1. The molecule has 1 aliphatic carbocycles. The molecule has 1 N–H and O–H groups in total. The van der Waals surface area contributed by atoms with Gasteiger partial charge in [-0.3, -0.25) is 9.59 Å². The van der Waals surface area contributed by atoms with Crippen LogP contribution in [0.4, 0.5) is 0 Å². The Morgan fingerprint density at radius 2 is 1.82 bits per heavy atom. The molecule has 4 heteroatoms. The summed E-state index contributed by atoms with van der Waals surface area (Å²) in [5.41, 5.74) is 0. The van der Waals surface area contributed by atoms with Gasteiger partial charge in [-0.2, -0.15) is 0 Å². The van der Waals surface area contributed by atoms with Gasteiger partial charge in [0.15, 0.2) is 0 Å². The number of hydrogen-bond acceptors (Lipinski definition) is 2. The molecule has 2 amide bonds. The van der Waals surface area contributed by atoms with E-state index in [1.165, 1.54) is 12.8 Å². The second-order valence-corrected chi connectivity index (χ2v) is 5.45. The van der Waals surface area contributed by atoms with Crippen molar-refractivity contribution < 1.29 is 9.59 Å². The summed E-state index contributed by atoms with van der Waals surface area (Å²) in [6.45, 7) is 3.60. The van der Waals surface area contributed by atoms with E-state index in [0.717, 1.165) is 38.8 Å². The predicted octanol–water partition coefficient (Wildman–Crippen LogP) is 1.30. The Kier molecular flexibility index (Phi) is 4.02. The molecule has 2 aliphatic rings. The van der Waals surface area contributed by atoms with Crippen LogP contribution in [0.5, 0.6) is 0 Å². The number of nitrogens with one attached hydrogen (secondary N) is 1. The maximum atomic E-state index is 11.9. The van der Waals surface area contributed by atoms with Crippen LogP contribution >= 0.6 is 0 Å². The second-order valence-electron chi connectivity index (χ2n) is 5.45. The molecule has 1 saturated heterocycles. The molecular weight excluding hydrogens is 216 g/mol. The van der Waals surface area contributed by atoms with Crippen LogP contribution in [0.25, 0.3) is 0 Å². The van der Waals surface area contributed by atoms with E-state index in [9.17, 15) is 9.59 Å². The van der Waals surface area contributed by atoms with E-state index < -0.39 is 5.91 Å². The van der Waals surface area contributed by atoms with Gasteiger partial charge in [0.1, 0.15) is 0 Å². The third kappa shape index (κ3) is 3.20. The number of carbonyl (C=O) groups excluding carboxylic acids is 2. The summed E-state index contributed by atoms with van der Waals surface area (Å²) in [7, 11) is 0. The summed E-state index contributed by atoms with van der Waals surface area (Å²) >= 11 is 0. The van der Waals surface area contributed by atoms with Crippen LogP contribution in [0.15, 0.2) is 0 Å². The number of hydrogen-bond donors (Lipinski definition) is 1. The SMILES string of the molecule is CC1CCCN(C(=O)C(=O)NC2CCCC2)C1. The monoisotopic (exact) mass is 238 g/mol. The molecule has 1 unspecified atom stereocenters. The van der Waals surface area contributed by atoms with Crippen LogP contribution in [0.2, 0.25) is 0 Å². The summed E-state index contributed by atoms with van der Waals surface area (Å²) in [6.07, 6.45) is 6.56. The van der Waals surface area contributed by atoms with Crippen molar-refractivity contribution in [3.8, 4) is 0 Å². The zero-order valence-electron chi connectivity index (χ0n) is 10.6. The van der Waals surface area contributed by atoms with Crippen molar-refractivity contribution in [3.05, 3.63) is 0 Å². The normalized spacial score (nSPS) is 25.9. The lowest BCUT2D eigenvalue weighted by Crippen LogP contribution is -2.48. The molecule has 1 heterocycles. The van der Waals surface area contributed by atoms with E-state index in [2.05, 4.69) is 12.2 Å². The average molecular weight is 238 g/mol. The molecule has 1 saturated carbocycles. The molecule has 0 aromatic carbocycles. The molecule has 2 rings (SSSR count). The van der Waals surface area contributed by atoms with Gasteiger partial charge in [0, 0.05) is 19.1 Å². The van der Waals surface area contributed by atoms with E-state index in [1.54, 1.807) is 4.90 Å². The molecule has 1 aliphatic heterocycles. The van der Waals surface area contributed by atoms with Crippen LogP contribution in [-0.2, 0) is 9.59 Å². The Balaban J connectivity index is 1.83. The van der Waals surface area contributed by atoms with Gasteiger partial charge < -0.3 is 10.2 Å². The zero-order valence-corrected chi connectivity index (χ0v) is 10.6. The average Bonchev–Trinajstić information content (AvgIpc) is 2.80. The van der Waals surface area contributed by atoms with Crippen LogP contribution in [0, 0.1) is 5.92 Å². The molecule has 96 valence electrons. The van der Waals surface area contributed by atoms with Gasteiger partial charge in [-0.25, -0.2) is 0 Å². The predicted molar refractivity (Wildman–Crippen MR) is 65.4 cm³/mol. The maximum absolute atomic E-state index is 11.9. The van der Waals surface area contributed by atoms with Gasteiger partial charge in [-0.15, -0.1) is 0 Å². The Hall–Kier alpha value is -1.06. The summed E-state index contributed by atoms with van der Waals surface area (Å²) in [5, 5.41) is 2.86. The van der Waals surface area contributed by atoms with Crippen molar-refractivity contribution in [2.24, 2.45) is 5.92 Å². The van der Waals surface area contributed by atoms with E-state index in [4.69, 9.17) is 0 Å². The first-order valence-corrected chi connectivity index (χ1v) is 6.76. The highest BCUT2D eigenvalue weighted by Gasteiger charge is 2.28. The van der Waals surface area contributed by atoms with E-state index in [0.29, 0.717) is 5.92 Å². The van der Waals surface area contributed by atoms with Crippen LogP contribution < -0.4 is 5.32 Å². The smallest absolute Gasteiger partial charge is 0.311 e. The first-order chi connectivity index (χ1) is 8.16. The summed E-state index contributed by atoms with van der Waals surface area (Å²) in [6, 6.07) is 0.230. The highest BCUT2D eigenvalue weighted by Crippen LogP contribution is 2.18. The molecule has 0 aromatic rings. The highest BCUT2D eigenvalue weighted by molar-refractivity contribution is 6.35. The van der Waals surface area contributed by atoms with Crippen LogP contribution in [0.3, 0.4) is 0 Å².